The average molecular weight is 310 g/mol. The molecule has 0 saturated heterocycles. The summed E-state index contributed by atoms with van der Waals surface area (Å²) < 4.78 is 17.5. The lowest BCUT2D eigenvalue weighted by atomic mass is 10.2. The Morgan fingerprint density at radius 2 is 2.33 bits per heavy atom. The van der Waals surface area contributed by atoms with Crippen molar-refractivity contribution in [2.24, 2.45) is 0 Å². The maximum Gasteiger partial charge on any atom is 0.411 e. The number of rotatable bonds is 5. The second-order valence-electron chi connectivity index (χ2n) is 4.09. The van der Waals surface area contributed by atoms with Crippen LogP contribution in [0.5, 0.6) is 0 Å². The summed E-state index contributed by atoms with van der Waals surface area (Å²) in [6.45, 7) is 2.40. The fourth-order valence-electron chi connectivity index (χ4n) is 1.62. The smallest absolute Gasteiger partial charge is 0.411 e. The van der Waals surface area contributed by atoms with Gasteiger partial charge in [-0.25, -0.2) is 9.78 Å². The molecule has 0 bridgehead atoms. The van der Waals surface area contributed by atoms with Gasteiger partial charge >= 0.3 is 6.09 Å². The molecule has 8 heteroatoms. The van der Waals surface area contributed by atoms with Crippen LogP contribution in [-0.4, -0.2) is 17.7 Å². The minimum Gasteiger partial charge on any atom is -0.450 e. The topological polar surface area (TPSA) is 89.3 Å². The third-order valence-electron chi connectivity index (χ3n) is 2.56. The molecule has 21 heavy (non-hydrogen) atoms. The molecule has 0 fully saturated rings. The number of carbonyl (C=O) groups excluding carboxylic acids is 1. The summed E-state index contributed by atoms with van der Waals surface area (Å²) in [7, 11) is 0. The molecule has 1 aromatic heterocycles. The summed E-state index contributed by atoms with van der Waals surface area (Å²) in [6, 6.07) is 5.08. The summed E-state index contributed by atoms with van der Waals surface area (Å²) in [6.07, 6.45) is -0.553. The zero-order valence-corrected chi connectivity index (χ0v) is 12.2. The third kappa shape index (κ3) is 4.32. The zero-order chi connectivity index (χ0) is 15.2. The van der Waals surface area contributed by atoms with Crippen molar-refractivity contribution >= 4 is 34.5 Å². The van der Waals surface area contributed by atoms with Crippen molar-refractivity contribution in [2.75, 3.05) is 23.0 Å². The number of nitrogens with one attached hydrogen (secondary N) is 2. The monoisotopic (exact) mass is 310 g/mol. The van der Waals surface area contributed by atoms with Gasteiger partial charge in [0.25, 0.3) is 5.26 Å². The number of benzene rings is 1. The quantitative estimate of drug-likeness (QED) is 0.739. The molecule has 0 saturated carbocycles. The lowest BCUT2D eigenvalue weighted by molar-refractivity contribution is 0.168. The van der Waals surface area contributed by atoms with E-state index in [9.17, 15) is 9.18 Å². The lowest BCUT2D eigenvalue weighted by Gasteiger charge is -2.10. The van der Waals surface area contributed by atoms with Crippen molar-refractivity contribution in [1.82, 2.24) is 4.98 Å². The number of carbonyl (C=O) groups is 1. The molecule has 0 unspecified atom stereocenters. The largest absolute Gasteiger partial charge is 0.450 e. The van der Waals surface area contributed by atoms with Crippen LogP contribution < -0.4 is 16.4 Å². The fraction of sp³-hybridized carbons (Fsp3) is 0.231. The summed E-state index contributed by atoms with van der Waals surface area (Å²) in [4.78, 5) is 15.0. The van der Waals surface area contributed by atoms with Gasteiger partial charge in [-0.2, -0.15) is 4.39 Å². The summed E-state index contributed by atoms with van der Waals surface area (Å²) >= 11 is 0.953. The van der Waals surface area contributed by atoms with E-state index in [2.05, 4.69) is 15.6 Å². The van der Waals surface area contributed by atoms with Crippen LogP contribution in [0.25, 0.3) is 0 Å². The van der Waals surface area contributed by atoms with E-state index in [0.717, 1.165) is 17.0 Å². The Bertz CT molecular complexity index is 632. The highest BCUT2D eigenvalue weighted by Gasteiger charge is 2.06. The molecule has 0 aliphatic carbocycles. The van der Waals surface area contributed by atoms with E-state index in [4.69, 9.17) is 10.5 Å². The van der Waals surface area contributed by atoms with Crippen molar-refractivity contribution < 1.29 is 13.9 Å². The highest BCUT2D eigenvalue weighted by molar-refractivity contribution is 7.08. The van der Waals surface area contributed by atoms with Crippen LogP contribution in [0.2, 0.25) is 0 Å². The number of halogens is 1. The number of anilines is 3. The predicted octanol–water partition coefficient (Wildman–Crippen LogP) is 3.04. The van der Waals surface area contributed by atoms with E-state index < -0.39 is 11.4 Å². The van der Waals surface area contributed by atoms with E-state index >= 15 is 0 Å². The molecule has 6 nitrogen and oxygen atoms in total. The molecule has 1 aromatic carbocycles. The van der Waals surface area contributed by atoms with E-state index in [1.54, 1.807) is 30.5 Å². The standard InChI is InChI=1S/C13H15FN4O2S/c1-2-20-13(19)18-11-4-3-8(5-10(11)15)16-6-9-7-21-12(14)17-9/h3-5,7,16H,2,6,15H2,1H3,(H,18,19). The number of amides is 1. The number of nitrogens with two attached hydrogens (primary N) is 1. The van der Waals surface area contributed by atoms with Gasteiger partial charge in [0.15, 0.2) is 0 Å². The Balaban J connectivity index is 1.96. The Labute approximate surface area is 125 Å². The molecule has 2 aromatic rings. The number of thiazole rings is 1. The first-order valence-corrected chi connectivity index (χ1v) is 7.13. The van der Waals surface area contributed by atoms with Gasteiger partial charge in [-0.3, -0.25) is 5.32 Å². The molecule has 4 N–H and O–H groups in total. The van der Waals surface area contributed by atoms with Gasteiger partial charge in [0.05, 0.1) is 30.2 Å². The van der Waals surface area contributed by atoms with Crippen LogP contribution in [0.15, 0.2) is 23.6 Å². The summed E-state index contributed by atoms with van der Waals surface area (Å²) in [5, 5.41) is 6.80. The van der Waals surface area contributed by atoms with Gasteiger partial charge in [-0.1, -0.05) is 11.3 Å². The van der Waals surface area contributed by atoms with Gasteiger partial charge in [0.2, 0.25) is 0 Å². The molecule has 0 radical (unpaired) electrons. The Kier molecular flexibility index (Phi) is 4.94. The maximum atomic E-state index is 12.8. The van der Waals surface area contributed by atoms with Crippen LogP contribution in [-0.2, 0) is 11.3 Å². The fourth-order valence-corrected chi connectivity index (χ4v) is 2.16. The molecule has 2 rings (SSSR count). The second-order valence-corrected chi connectivity index (χ2v) is 4.90. The zero-order valence-electron chi connectivity index (χ0n) is 11.4. The van der Waals surface area contributed by atoms with E-state index in [1.165, 1.54) is 0 Å². The van der Waals surface area contributed by atoms with Crippen LogP contribution in [0.4, 0.5) is 26.2 Å². The molecular formula is C13H15FN4O2S. The van der Waals surface area contributed by atoms with Crippen molar-refractivity contribution in [1.29, 1.82) is 0 Å². The molecule has 0 spiro atoms. The van der Waals surface area contributed by atoms with Gasteiger partial charge < -0.3 is 15.8 Å². The van der Waals surface area contributed by atoms with Crippen molar-refractivity contribution in [3.8, 4) is 0 Å². The van der Waals surface area contributed by atoms with Gasteiger partial charge in [-0.15, -0.1) is 0 Å². The molecule has 0 aliphatic heterocycles. The highest BCUT2D eigenvalue weighted by atomic mass is 32.1. The van der Waals surface area contributed by atoms with Gasteiger partial charge in [0, 0.05) is 11.1 Å². The molecule has 0 atom stereocenters. The van der Waals surface area contributed by atoms with Crippen molar-refractivity contribution in [2.45, 2.75) is 13.5 Å². The molecule has 0 aliphatic rings. The Hall–Kier alpha value is -2.35. The Morgan fingerprint density at radius 3 is 2.95 bits per heavy atom. The van der Waals surface area contributed by atoms with E-state index in [1.807, 2.05) is 0 Å². The molecule has 1 amide bonds. The van der Waals surface area contributed by atoms with Gasteiger partial charge in [-0.05, 0) is 25.1 Å². The minimum atomic E-state index is -0.553. The normalized spacial score (nSPS) is 10.2. The van der Waals surface area contributed by atoms with Crippen molar-refractivity contribution in [3.05, 3.63) is 34.5 Å². The van der Waals surface area contributed by atoms with Crippen LogP contribution in [0.1, 0.15) is 12.6 Å². The minimum absolute atomic E-state index is 0.287. The third-order valence-corrected chi connectivity index (χ3v) is 3.24. The average Bonchev–Trinajstić information content (AvgIpc) is 2.85. The first-order chi connectivity index (χ1) is 10.1. The highest BCUT2D eigenvalue weighted by Crippen LogP contribution is 2.23. The number of hydrogen-bond acceptors (Lipinski definition) is 6. The number of hydrogen-bond donors (Lipinski definition) is 3. The second kappa shape index (κ2) is 6.89. The van der Waals surface area contributed by atoms with Crippen molar-refractivity contribution in [3.63, 3.8) is 0 Å². The van der Waals surface area contributed by atoms with Crippen LogP contribution in [0, 0.1) is 5.26 Å². The van der Waals surface area contributed by atoms with E-state index in [0.29, 0.717) is 23.6 Å². The first-order valence-electron chi connectivity index (χ1n) is 6.25. The number of nitrogen functional groups attached to an aromatic ring is 1. The summed E-state index contributed by atoms with van der Waals surface area (Å²) in [5.41, 5.74) is 8.09. The SMILES string of the molecule is CCOC(=O)Nc1ccc(NCc2csc(F)n2)cc1N. The van der Waals surface area contributed by atoms with E-state index in [-0.39, 0.29) is 6.61 Å². The van der Waals surface area contributed by atoms with Crippen LogP contribution in [0.3, 0.4) is 0 Å². The number of ether oxygens (including phenoxy) is 1. The molecule has 112 valence electrons. The van der Waals surface area contributed by atoms with Gasteiger partial charge in [0.1, 0.15) is 0 Å². The molecular weight excluding hydrogens is 295 g/mol. The number of aromatic nitrogens is 1. The molecule has 1 heterocycles. The van der Waals surface area contributed by atoms with Crippen LogP contribution >= 0.6 is 11.3 Å². The lowest BCUT2D eigenvalue weighted by Crippen LogP contribution is -2.14. The first kappa shape index (κ1) is 15.0. The maximum absolute atomic E-state index is 12.8. The summed E-state index contributed by atoms with van der Waals surface area (Å²) in [5.74, 6) is 0. The Morgan fingerprint density at radius 1 is 1.52 bits per heavy atom. The predicted molar refractivity (Wildman–Crippen MR) is 80.9 cm³/mol. The number of nitrogens with zero attached hydrogens (tertiary/aromatic N) is 1.